The molecule has 2 fully saturated rings. The standard InChI is InChI=1S/C19H25N5OS/c1-14(17(25)20-13-15-7-3-2-4-8-15)26-19-22-21-18(23-11-5-6-12-23)24(19)16-9-10-16/h2-4,7-8,14,16H,5-6,9-13H2,1H3,(H,20,25)/t14-/m0/s1. The van der Waals surface area contributed by atoms with Crippen LogP contribution in [-0.2, 0) is 11.3 Å². The number of anilines is 1. The zero-order valence-electron chi connectivity index (χ0n) is 15.1. The molecule has 1 aliphatic carbocycles. The fourth-order valence-corrected chi connectivity index (χ4v) is 4.21. The van der Waals surface area contributed by atoms with Crippen molar-refractivity contribution in [3.8, 4) is 0 Å². The molecule has 1 saturated carbocycles. The smallest absolute Gasteiger partial charge is 0.233 e. The second-order valence-corrected chi connectivity index (χ2v) is 8.35. The summed E-state index contributed by atoms with van der Waals surface area (Å²) in [5.41, 5.74) is 1.11. The first-order chi connectivity index (χ1) is 12.7. The van der Waals surface area contributed by atoms with Crippen molar-refractivity contribution in [3.05, 3.63) is 35.9 Å². The van der Waals surface area contributed by atoms with Crippen molar-refractivity contribution in [2.24, 2.45) is 0 Å². The fourth-order valence-electron chi connectivity index (χ4n) is 3.28. The molecule has 1 N–H and O–H groups in total. The molecule has 1 aromatic heterocycles. The minimum absolute atomic E-state index is 0.0342. The Labute approximate surface area is 158 Å². The molecule has 1 amide bonds. The number of carbonyl (C=O) groups is 1. The zero-order chi connectivity index (χ0) is 17.9. The lowest BCUT2D eigenvalue weighted by Crippen LogP contribution is -2.30. The van der Waals surface area contributed by atoms with Crippen LogP contribution in [0.1, 0.15) is 44.2 Å². The number of rotatable bonds is 7. The van der Waals surface area contributed by atoms with Gasteiger partial charge in [-0.2, -0.15) is 0 Å². The Morgan fingerprint density at radius 3 is 2.65 bits per heavy atom. The number of hydrogen-bond donors (Lipinski definition) is 1. The van der Waals surface area contributed by atoms with Crippen LogP contribution in [0.3, 0.4) is 0 Å². The van der Waals surface area contributed by atoms with Crippen LogP contribution in [0.2, 0.25) is 0 Å². The molecule has 0 bridgehead atoms. The molecular weight excluding hydrogens is 346 g/mol. The van der Waals surface area contributed by atoms with Crippen molar-refractivity contribution in [3.63, 3.8) is 0 Å². The van der Waals surface area contributed by atoms with E-state index in [0.717, 1.165) is 29.8 Å². The summed E-state index contributed by atoms with van der Waals surface area (Å²) in [7, 11) is 0. The van der Waals surface area contributed by atoms with Crippen molar-refractivity contribution in [2.45, 2.75) is 55.6 Å². The Morgan fingerprint density at radius 2 is 1.96 bits per heavy atom. The number of amides is 1. The Bertz CT molecular complexity index is 753. The quantitative estimate of drug-likeness (QED) is 0.758. The molecule has 1 aliphatic heterocycles. The first kappa shape index (κ1) is 17.4. The SMILES string of the molecule is C[C@H](Sc1nnc(N2CCCC2)n1C1CC1)C(=O)NCc1ccccc1. The predicted molar refractivity (Wildman–Crippen MR) is 103 cm³/mol. The third-order valence-electron chi connectivity index (χ3n) is 4.91. The van der Waals surface area contributed by atoms with Gasteiger partial charge < -0.3 is 10.2 Å². The minimum Gasteiger partial charge on any atom is -0.351 e. The topological polar surface area (TPSA) is 63.1 Å². The van der Waals surface area contributed by atoms with Crippen LogP contribution in [0.4, 0.5) is 5.95 Å². The van der Waals surface area contributed by atoms with Gasteiger partial charge in [0.05, 0.1) is 5.25 Å². The highest BCUT2D eigenvalue weighted by Crippen LogP contribution is 2.42. The Balaban J connectivity index is 1.40. The van der Waals surface area contributed by atoms with Gasteiger partial charge in [-0.15, -0.1) is 10.2 Å². The van der Waals surface area contributed by atoms with Crippen LogP contribution in [0.15, 0.2) is 35.5 Å². The second-order valence-electron chi connectivity index (χ2n) is 7.04. The Kier molecular flexibility index (Phi) is 5.15. The average Bonchev–Trinajstić information content (AvgIpc) is 3.18. The Hall–Kier alpha value is -2.02. The summed E-state index contributed by atoms with van der Waals surface area (Å²) in [6.45, 7) is 4.61. The second kappa shape index (κ2) is 7.70. The molecule has 1 saturated heterocycles. The van der Waals surface area contributed by atoms with Gasteiger partial charge in [0, 0.05) is 25.7 Å². The lowest BCUT2D eigenvalue weighted by Gasteiger charge is -2.18. The van der Waals surface area contributed by atoms with Crippen molar-refractivity contribution >= 4 is 23.6 Å². The highest BCUT2D eigenvalue weighted by molar-refractivity contribution is 8.00. The van der Waals surface area contributed by atoms with Crippen LogP contribution >= 0.6 is 11.8 Å². The van der Waals surface area contributed by atoms with E-state index in [2.05, 4.69) is 25.0 Å². The van der Waals surface area contributed by atoms with Gasteiger partial charge in [0.25, 0.3) is 0 Å². The van der Waals surface area contributed by atoms with Crippen LogP contribution in [-0.4, -0.2) is 39.0 Å². The maximum absolute atomic E-state index is 12.5. The van der Waals surface area contributed by atoms with E-state index in [0.29, 0.717) is 12.6 Å². The number of nitrogens with one attached hydrogen (secondary N) is 1. The molecule has 2 heterocycles. The zero-order valence-corrected chi connectivity index (χ0v) is 15.9. The van der Waals surface area contributed by atoms with Gasteiger partial charge in [0.1, 0.15) is 0 Å². The van der Waals surface area contributed by atoms with Crippen molar-refractivity contribution < 1.29 is 4.79 Å². The maximum Gasteiger partial charge on any atom is 0.233 e. The van der Waals surface area contributed by atoms with Gasteiger partial charge in [0.15, 0.2) is 5.16 Å². The third-order valence-corrected chi connectivity index (χ3v) is 5.97. The van der Waals surface area contributed by atoms with E-state index in [1.165, 1.54) is 37.4 Å². The first-order valence-electron chi connectivity index (χ1n) is 9.40. The molecule has 0 spiro atoms. The molecule has 7 heteroatoms. The van der Waals surface area contributed by atoms with E-state index in [9.17, 15) is 4.79 Å². The molecule has 2 aliphatic rings. The van der Waals surface area contributed by atoms with Crippen LogP contribution < -0.4 is 10.2 Å². The number of hydrogen-bond acceptors (Lipinski definition) is 5. The summed E-state index contributed by atoms with van der Waals surface area (Å²) in [5, 5.41) is 12.6. The fraction of sp³-hybridized carbons (Fsp3) is 0.526. The van der Waals surface area contributed by atoms with E-state index >= 15 is 0 Å². The normalized spacial score (nSPS) is 18.1. The minimum atomic E-state index is -0.202. The van der Waals surface area contributed by atoms with E-state index in [1.807, 2.05) is 37.3 Å². The number of carbonyl (C=O) groups excluding carboxylic acids is 1. The maximum atomic E-state index is 12.5. The largest absolute Gasteiger partial charge is 0.351 e. The molecule has 6 nitrogen and oxygen atoms in total. The molecule has 0 unspecified atom stereocenters. The third kappa shape index (κ3) is 3.87. The van der Waals surface area contributed by atoms with Crippen LogP contribution in [0.25, 0.3) is 0 Å². The highest BCUT2D eigenvalue weighted by atomic mass is 32.2. The molecule has 2 aromatic rings. The molecule has 26 heavy (non-hydrogen) atoms. The summed E-state index contributed by atoms with van der Waals surface area (Å²) in [4.78, 5) is 14.8. The van der Waals surface area contributed by atoms with E-state index < -0.39 is 0 Å². The summed E-state index contributed by atoms with van der Waals surface area (Å²) >= 11 is 1.51. The monoisotopic (exact) mass is 371 g/mol. The van der Waals surface area contributed by atoms with Gasteiger partial charge in [0.2, 0.25) is 11.9 Å². The number of thioether (sulfide) groups is 1. The average molecular weight is 372 g/mol. The predicted octanol–water partition coefficient (Wildman–Crippen LogP) is 3.01. The van der Waals surface area contributed by atoms with Gasteiger partial charge >= 0.3 is 0 Å². The molecule has 0 radical (unpaired) electrons. The van der Waals surface area contributed by atoms with Crippen molar-refractivity contribution in [1.29, 1.82) is 0 Å². The molecular formula is C19H25N5OS. The van der Waals surface area contributed by atoms with Gasteiger partial charge in [-0.05, 0) is 38.2 Å². The van der Waals surface area contributed by atoms with Gasteiger partial charge in [-0.3, -0.25) is 9.36 Å². The molecule has 138 valence electrons. The lowest BCUT2D eigenvalue weighted by molar-refractivity contribution is -0.120. The van der Waals surface area contributed by atoms with E-state index in [4.69, 9.17) is 0 Å². The Morgan fingerprint density at radius 1 is 1.23 bits per heavy atom. The van der Waals surface area contributed by atoms with E-state index in [-0.39, 0.29) is 11.2 Å². The number of aromatic nitrogens is 3. The highest BCUT2D eigenvalue weighted by Gasteiger charge is 2.33. The molecule has 1 aromatic carbocycles. The number of benzene rings is 1. The summed E-state index contributed by atoms with van der Waals surface area (Å²) < 4.78 is 2.26. The van der Waals surface area contributed by atoms with Crippen LogP contribution in [0, 0.1) is 0 Å². The van der Waals surface area contributed by atoms with Crippen LogP contribution in [0.5, 0.6) is 0 Å². The molecule has 4 rings (SSSR count). The lowest BCUT2D eigenvalue weighted by atomic mass is 10.2. The van der Waals surface area contributed by atoms with Gasteiger partial charge in [-0.25, -0.2) is 0 Å². The summed E-state index contributed by atoms with van der Waals surface area (Å²) in [6.07, 6.45) is 4.80. The van der Waals surface area contributed by atoms with E-state index in [1.54, 1.807) is 0 Å². The van der Waals surface area contributed by atoms with Crippen molar-refractivity contribution in [2.75, 3.05) is 18.0 Å². The summed E-state index contributed by atoms with van der Waals surface area (Å²) in [5.74, 6) is 1.02. The number of nitrogens with zero attached hydrogens (tertiary/aromatic N) is 4. The van der Waals surface area contributed by atoms with Crippen molar-refractivity contribution in [1.82, 2.24) is 20.1 Å². The molecule has 1 atom stereocenters. The summed E-state index contributed by atoms with van der Waals surface area (Å²) in [6, 6.07) is 10.5. The first-order valence-corrected chi connectivity index (χ1v) is 10.3. The van der Waals surface area contributed by atoms with Gasteiger partial charge in [-0.1, -0.05) is 42.1 Å².